The quantitative estimate of drug-likeness (QED) is 0.688. The Labute approximate surface area is 122 Å². The van der Waals surface area contributed by atoms with Crippen molar-refractivity contribution in [2.75, 3.05) is 18.4 Å². The maximum atomic E-state index is 12.1. The van der Waals surface area contributed by atoms with Crippen LogP contribution in [-0.2, 0) is 10.0 Å². The SMILES string of the molecule is CCCNc1cc(S(=O)(=O)NCCCC(C)C)ccn1. The second kappa shape index (κ2) is 8.21. The molecule has 0 aliphatic heterocycles. The van der Waals surface area contributed by atoms with E-state index in [9.17, 15) is 8.42 Å². The standard InChI is InChI=1S/C14H25N3O2S/c1-4-8-15-14-11-13(7-10-16-14)20(18,19)17-9-5-6-12(2)3/h7,10-12,17H,4-6,8-9H2,1-3H3,(H,15,16). The molecule has 0 saturated carbocycles. The summed E-state index contributed by atoms with van der Waals surface area (Å²) in [5.74, 6) is 1.18. The molecular formula is C14H25N3O2S. The van der Waals surface area contributed by atoms with E-state index in [0.717, 1.165) is 25.8 Å². The van der Waals surface area contributed by atoms with E-state index in [4.69, 9.17) is 0 Å². The largest absolute Gasteiger partial charge is 0.370 e. The van der Waals surface area contributed by atoms with Gasteiger partial charge in [0.1, 0.15) is 5.82 Å². The fourth-order valence-corrected chi connectivity index (χ4v) is 2.81. The van der Waals surface area contributed by atoms with Gasteiger partial charge in [-0.15, -0.1) is 0 Å². The number of hydrogen-bond donors (Lipinski definition) is 2. The van der Waals surface area contributed by atoms with Crippen molar-refractivity contribution in [3.63, 3.8) is 0 Å². The molecule has 0 aliphatic rings. The van der Waals surface area contributed by atoms with Gasteiger partial charge in [0.25, 0.3) is 0 Å². The minimum Gasteiger partial charge on any atom is -0.370 e. The summed E-state index contributed by atoms with van der Waals surface area (Å²) in [7, 11) is -3.44. The van der Waals surface area contributed by atoms with Crippen LogP contribution in [0.25, 0.3) is 0 Å². The van der Waals surface area contributed by atoms with Crippen LogP contribution in [0.2, 0.25) is 0 Å². The lowest BCUT2D eigenvalue weighted by molar-refractivity contribution is 0.540. The number of anilines is 1. The molecule has 2 N–H and O–H groups in total. The molecule has 0 atom stereocenters. The van der Waals surface area contributed by atoms with Crippen LogP contribution in [0.4, 0.5) is 5.82 Å². The first-order valence-electron chi connectivity index (χ1n) is 7.15. The Hall–Kier alpha value is -1.14. The number of rotatable bonds is 9. The predicted molar refractivity (Wildman–Crippen MR) is 82.3 cm³/mol. The van der Waals surface area contributed by atoms with Crippen LogP contribution in [0.3, 0.4) is 0 Å². The van der Waals surface area contributed by atoms with Gasteiger partial charge < -0.3 is 5.32 Å². The van der Waals surface area contributed by atoms with Crippen LogP contribution in [0.5, 0.6) is 0 Å². The van der Waals surface area contributed by atoms with Crippen molar-refractivity contribution >= 4 is 15.8 Å². The Morgan fingerprint density at radius 3 is 2.70 bits per heavy atom. The molecule has 0 aliphatic carbocycles. The zero-order chi connectivity index (χ0) is 15.0. The summed E-state index contributed by atoms with van der Waals surface area (Å²) in [6, 6.07) is 3.09. The lowest BCUT2D eigenvalue weighted by Gasteiger charge is -2.09. The molecule has 0 bridgehead atoms. The number of sulfonamides is 1. The van der Waals surface area contributed by atoms with Gasteiger partial charge in [0.05, 0.1) is 4.90 Å². The van der Waals surface area contributed by atoms with Crippen molar-refractivity contribution < 1.29 is 8.42 Å². The lowest BCUT2D eigenvalue weighted by Crippen LogP contribution is -2.25. The van der Waals surface area contributed by atoms with Gasteiger partial charge in [-0.2, -0.15) is 0 Å². The maximum absolute atomic E-state index is 12.1. The smallest absolute Gasteiger partial charge is 0.240 e. The van der Waals surface area contributed by atoms with Gasteiger partial charge in [-0.1, -0.05) is 20.8 Å². The molecule has 0 unspecified atom stereocenters. The highest BCUT2D eigenvalue weighted by Gasteiger charge is 2.14. The molecule has 0 fully saturated rings. The summed E-state index contributed by atoms with van der Waals surface area (Å²) < 4.78 is 26.9. The molecule has 0 saturated heterocycles. The van der Waals surface area contributed by atoms with Crippen molar-refractivity contribution in [1.82, 2.24) is 9.71 Å². The third kappa shape index (κ3) is 5.88. The van der Waals surface area contributed by atoms with E-state index in [1.165, 1.54) is 12.3 Å². The highest BCUT2D eigenvalue weighted by atomic mass is 32.2. The predicted octanol–water partition coefficient (Wildman–Crippen LogP) is 2.62. The molecule has 1 rings (SSSR count). The first-order valence-corrected chi connectivity index (χ1v) is 8.63. The van der Waals surface area contributed by atoms with E-state index in [0.29, 0.717) is 18.3 Å². The first kappa shape index (κ1) is 16.9. The minimum atomic E-state index is -3.44. The molecule has 0 spiro atoms. The first-order chi connectivity index (χ1) is 9.45. The van der Waals surface area contributed by atoms with Crippen LogP contribution < -0.4 is 10.0 Å². The fraction of sp³-hybridized carbons (Fsp3) is 0.643. The van der Waals surface area contributed by atoms with Crippen LogP contribution in [0, 0.1) is 5.92 Å². The van der Waals surface area contributed by atoms with Crippen LogP contribution in [0.1, 0.15) is 40.0 Å². The summed E-state index contributed by atoms with van der Waals surface area (Å²) >= 11 is 0. The Balaban J connectivity index is 2.62. The second-order valence-electron chi connectivity index (χ2n) is 5.24. The molecule has 0 amide bonds. The highest BCUT2D eigenvalue weighted by molar-refractivity contribution is 7.89. The van der Waals surface area contributed by atoms with Crippen molar-refractivity contribution in [3.05, 3.63) is 18.3 Å². The molecule has 20 heavy (non-hydrogen) atoms. The average Bonchev–Trinajstić information content (AvgIpc) is 2.41. The summed E-state index contributed by atoms with van der Waals surface area (Å²) in [5, 5.41) is 3.09. The summed E-state index contributed by atoms with van der Waals surface area (Å²) in [5.41, 5.74) is 0. The van der Waals surface area contributed by atoms with Gasteiger partial charge in [0.2, 0.25) is 10.0 Å². The number of nitrogens with zero attached hydrogens (tertiary/aromatic N) is 1. The van der Waals surface area contributed by atoms with Crippen LogP contribution in [0.15, 0.2) is 23.2 Å². The normalized spacial score (nSPS) is 11.8. The zero-order valence-electron chi connectivity index (χ0n) is 12.5. The maximum Gasteiger partial charge on any atom is 0.240 e. The Morgan fingerprint density at radius 2 is 2.05 bits per heavy atom. The monoisotopic (exact) mass is 299 g/mol. The molecule has 114 valence electrons. The summed E-state index contributed by atoms with van der Waals surface area (Å²) in [6.45, 7) is 7.55. The zero-order valence-corrected chi connectivity index (χ0v) is 13.3. The van der Waals surface area contributed by atoms with E-state index in [1.54, 1.807) is 6.07 Å². The van der Waals surface area contributed by atoms with Crippen molar-refractivity contribution in [2.24, 2.45) is 5.92 Å². The molecule has 0 aromatic carbocycles. The van der Waals surface area contributed by atoms with Gasteiger partial charge in [-0.05, 0) is 31.2 Å². The molecule has 1 aromatic rings. The Bertz CT molecular complexity index is 501. The molecule has 1 heterocycles. The Morgan fingerprint density at radius 1 is 1.30 bits per heavy atom. The molecule has 1 aromatic heterocycles. The minimum absolute atomic E-state index is 0.260. The number of aromatic nitrogens is 1. The van der Waals surface area contributed by atoms with Crippen LogP contribution >= 0.6 is 0 Å². The van der Waals surface area contributed by atoms with Gasteiger partial charge in [-0.3, -0.25) is 0 Å². The van der Waals surface area contributed by atoms with Gasteiger partial charge in [0, 0.05) is 25.4 Å². The van der Waals surface area contributed by atoms with E-state index in [1.807, 2.05) is 6.92 Å². The van der Waals surface area contributed by atoms with Gasteiger partial charge in [-0.25, -0.2) is 18.1 Å². The Kier molecular flexibility index (Phi) is 6.95. The van der Waals surface area contributed by atoms with Crippen molar-refractivity contribution in [2.45, 2.75) is 44.9 Å². The third-order valence-electron chi connectivity index (χ3n) is 2.85. The van der Waals surface area contributed by atoms with Crippen molar-refractivity contribution in [3.8, 4) is 0 Å². The van der Waals surface area contributed by atoms with Crippen LogP contribution in [-0.4, -0.2) is 26.5 Å². The third-order valence-corrected chi connectivity index (χ3v) is 4.31. The number of hydrogen-bond acceptors (Lipinski definition) is 4. The second-order valence-corrected chi connectivity index (χ2v) is 7.00. The molecule has 0 radical (unpaired) electrons. The lowest BCUT2D eigenvalue weighted by atomic mass is 10.1. The summed E-state index contributed by atoms with van der Waals surface area (Å²) in [4.78, 5) is 4.37. The molecule has 6 heteroatoms. The molecular weight excluding hydrogens is 274 g/mol. The van der Waals surface area contributed by atoms with E-state index >= 15 is 0 Å². The van der Waals surface area contributed by atoms with Gasteiger partial charge >= 0.3 is 0 Å². The highest BCUT2D eigenvalue weighted by Crippen LogP contribution is 2.13. The van der Waals surface area contributed by atoms with E-state index in [-0.39, 0.29) is 4.90 Å². The average molecular weight is 299 g/mol. The van der Waals surface area contributed by atoms with E-state index in [2.05, 4.69) is 28.9 Å². The number of nitrogens with one attached hydrogen (secondary N) is 2. The number of pyridine rings is 1. The van der Waals surface area contributed by atoms with E-state index < -0.39 is 10.0 Å². The molecule has 5 nitrogen and oxygen atoms in total. The van der Waals surface area contributed by atoms with Crippen molar-refractivity contribution in [1.29, 1.82) is 0 Å². The fourth-order valence-electron chi connectivity index (χ4n) is 1.73. The topological polar surface area (TPSA) is 71.1 Å². The van der Waals surface area contributed by atoms with Gasteiger partial charge in [0.15, 0.2) is 0 Å². The summed E-state index contributed by atoms with van der Waals surface area (Å²) in [6.07, 6.45) is 4.35.